The van der Waals surface area contributed by atoms with E-state index in [1.807, 2.05) is 146 Å². The lowest BCUT2D eigenvalue weighted by Crippen LogP contribution is -2.21. The molecular formula is C64H66N10O12. The molecule has 11 rings (SSSR count). The zero-order valence-corrected chi connectivity index (χ0v) is 49.0. The number of nitrogens with one attached hydrogen (secondary N) is 1. The number of rotatable bonds is 23. The third-order valence-electron chi connectivity index (χ3n) is 12.9. The van der Waals surface area contributed by atoms with Gasteiger partial charge in [-0.2, -0.15) is 15.0 Å². The van der Waals surface area contributed by atoms with Crippen LogP contribution in [0.2, 0.25) is 0 Å². The van der Waals surface area contributed by atoms with Crippen molar-refractivity contribution in [2.45, 2.75) is 48.1 Å². The van der Waals surface area contributed by atoms with Gasteiger partial charge in [0.25, 0.3) is 17.7 Å². The molecule has 0 atom stereocenters. The predicted octanol–water partition coefficient (Wildman–Crippen LogP) is 12.2. The summed E-state index contributed by atoms with van der Waals surface area (Å²) in [6.45, 7) is 16.2. The highest BCUT2D eigenvalue weighted by Crippen LogP contribution is 2.38. The average Bonchev–Trinajstić information content (AvgIpc) is 2.35. The zero-order chi connectivity index (χ0) is 60.4. The fraction of sp³-hybridized carbons (Fsp3) is 0.266. The molecule has 22 heteroatoms. The van der Waals surface area contributed by atoms with Gasteiger partial charge in [0.2, 0.25) is 17.5 Å². The number of hydrogen-bond donors (Lipinski definition) is 2. The summed E-state index contributed by atoms with van der Waals surface area (Å²) in [7, 11) is 3.29. The summed E-state index contributed by atoms with van der Waals surface area (Å²) >= 11 is 0. The summed E-state index contributed by atoms with van der Waals surface area (Å²) in [5.74, 6) is 5.87. The van der Waals surface area contributed by atoms with Gasteiger partial charge in [0.15, 0.2) is 34.5 Å². The second-order valence-electron chi connectivity index (χ2n) is 18.7. The van der Waals surface area contributed by atoms with Gasteiger partial charge in [0.1, 0.15) is 5.69 Å². The molecule has 0 amide bonds. The minimum absolute atomic E-state index is 0.117. The largest absolute Gasteiger partial charge is 0.490 e. The van der Waals surface area contributed by atoms with Crippen molar-refractivity contribution in [3.8, 4) is 103 Å². The summed E-state index contributed by atoms with van der Waals surface area (Å²) in [6, 6.07) is 34.1. The molecule has 0 saturated heterocycles. The van der Waals surface area contributed by atoms with Crippen molar-refractivity contribution >= 4 is 27.6 Å². The van der Waals surface area contributed by atoms with Gasteiger partial charge in [-0.3, -0.25) is 14.9 Å². The van der Waals surface area contributed by atoms with Crippen LogP contribution in [0.15, 0.2) is 148 Å². The Morgan fingerprint density at radius 1 is 0.570 bits per heavy atom. The van der Waals surface area contributed by atoms with Crippen molar-refractivity contribution in [3.05, 3.63) is 145 Å². The minimum atomic E-state index is -0.485. The number of H-pyrrole nitrogens is 1. The maximum atomic E-state index is 11.7. The van der Waals surface area contributed by atoms with Crippen LogP contribution in [0.4, 0.5) is 0 Å². The number of aromatic nitrogens is 9. The molecule has 0 radical (unpaired) electrons. The quantitative estimate of drug-likeness (QED) is 0.0564. The van der Waals surface area contributed by atoms with Gasteiger partial charge in [-0.05, 0) is 132 Å². The first-order valence-electron chi connectivity index (χ1n) is 28.1. The lowest BCUT2D eigenvalue weighted by Gasteiger charge is -2.14. The van der Waals surface area contributed by atoms with Gasteiger partial charge < -0.3 is 56.8 Å². The molecule has 86 heavy (non-hydrogen) atoms. The number of carbonyl (C=O) groups excluding carboxylic acids is 1. The molecule has 22 nitrogen and oxygen atoms in total. The second-order valence-corrected chi connectivity index (χ2v) is 18.7. The fourth-order valence-corrected chi connectivity index (χ4v) is 9.09. The summed E-state index contributed by atoms with van der Waals surface area (Å²) in [5, 5.41) is 24.7. The molecule has 0 aliphatic carbocycles. The van der Waals surface area contributed by atoms with Crippen LogP contribution < -0.4 is 28.4 Å². The molecule has 0 fully saturated rings. The molecule has 5 aromatic carbocycles. The molecule has 0 bridgehead atoms. The Morgan fingerprint density at radius 3 is 1.65 bits per heavy atom. The van der Waals surface area contributed by atoms with Gasteiger partial charge in [-0.25, -0.2) is 4.79 Å². The average molecular weight is 1170 g/mol. The van der Waals surface area contributed by atoms with Crippen molar-refractivity contribution in [3.63, 3.8) is 0 Å². The highest BCUT2D eigenvalue weighted by Gasteiger charge is 2.21. The Balaban J connectivity index is 0.000000155. The molecule has 444 valence electrons. The maximum Gasteiger partial charge on any atom is 0.339 e. The van der Waals surface area contributed by atoms with Crippen molar-refractivity contribution in [1.29, 1.82) is 0 Å². The molecular weight excluding hydrogens is 1100 g/mol. The summed E-state index contributed by atoms with van der Waals surface area (Å²) in [4.78, 5) is 39.1. The van der Waals surface area contributed by atoms with E-state index in [0.717, 1.165) is 43.9 Å². The number of nitrogens with zero attached hydrogens (tertiary/aromatic N) is 9. The number of aliphatic hydroxyl groups is 1. The Labute approximate surface area is 496 Å². The number of fused-ring (bicyclic) bond motifs is 2. The highest BCUT2D eigenvalue weighted by atomic mass is 16.5. The Kier molecular flexibility index (Phi) is 20.6. The molecule has 0 saturated carbocycles. The van der Waals surface area contributed by atoms with Gasteiger partial charge in [0.05, 0.1) is 58.9 Å². The number of hydrogen-bond acceptors (Lipinski definition) is 21. The van der Waals surface area contributed by atoms with Gasteiger partial charge in [-0.15, -0.1) is 0 Å². The summed E-state index contributed by atoms with van der Waals surface area (Å²) < 4.78 is 55.0. The summed E-state index contributed by atoms with van der Waals surface area (Å²) in [6.07, 6.45) is 6.70. The first kappa shape index (κ1) is 60.4. The van der Waals surface area contributed by atoms with E-state index < -0.39 is 5.97 Å². The number of esters is 1. The molecule has 0 aliphatic rings. The number of aromatic amines is 1. The maximum absolute atomic E-state index is 11.7. The molecule has 0 spiro atoms. The minimum Gasteiger partial charge on any atom is -0.490 e. The smallest absolute Gasteiger partial charge is 0.339 e. The van der Waals surface area contributed by atoms with Crippen molar-refractivity contribution in [2.24, 2.45) is 0 Å². The van der Waals surface area contributed by atoms with Crippen LogP contribution >= 0.6 is 0 Å². The second kappa shape index (κ2) is 29.4. The van der Waals surface area contributed by atoms with Crippen molar-refractivity contribution in [2.75, 3.05) is 67.0 Å². The van der Waals surface area contributed by atoms with Crippen LogP contribution in [0.3, 0.4) is 0 Å². The zero-order valence-electron chi connectivity index (χ0n) is 49.0. The molecule has 0 unspecified atom stereocenters. The number of benzene rings is 5. The van der Waals surface area contributed by atoms with E-state index in [1.54, 1.807) is 30.6 Å². The van der Waals surface area contributed by atoms with Crippen molar-refractivity contribution < 1.29 is 56.6 Å². The Hall–Kier alpha value is -10.2. The third-order valence-corrected chi connectivity index (χ3v) is 12.9. The van der Waals surface area contributed by atoms with E-state index in [9.17, 15) is 9.90 Å². The van der Waals surface area contributed by atoms with Gasteiger partial charge in [0, 0.05) is 82.0 Å². The number of pyridine rings is 2. The van der Waals surface area contributed by atoms with E-state index in [4.69, 9.17) is 46.7 Å². The topological polar surface area (TPSA) is 263 Å². The van der Waals surface area contributed by atoms with E-state index in [2.05, 4.69) is 50.3 Å². The highest BCUT2D eigenvalue weighted by molar-refractivity contribution is 5.96. The lowest BCUT2D eigenvalue weighted by atomic mass is 10.1. The summed E-state index contributed by atoms with van der Waals surface area (Å²) in [5.41, 5.74) is 6.77. The van der Waals surface area contributed by atoms with Crippen LogP contribution in [0, 0.1) is 0 Å². The van der Waals surface area contributed by atoms with Gasteiger partial charge in [-0.1, -0.05) is 51.9 Å². The van der Waals surface area contributed by atoms with Crippen LogP contribution in [0.1, 0.15) is 57.5 Å². The van der Waals surface area contributed by atoms with E-state index in [1.165, 1.54) is 13.3 Å². The van der Waals surface area contributed by atoms with Gasteiger partial charge >= 0.3 is 5.97 Å². The Morgan fingerprint density at radius 2 is 1.09 bits per heavy atom. The third kappa shape index (κ3) is 14.4. The normalized spacial score (nSPS) is 11.0. The van der Waals surface area contributed by atoms with Crippen molar-refractivity contribution in [1.82, 2.24) is 50.3 Å². The number of carbonyl (C=O) groups is 1. The van der Waals surface area contributed by atoms with E-state index in [-0.39, 0.29) is 6.61 Å². The Bertz CT molecular complexity index is 4000. The molecule has 6 aromatic heterocycles. The first-order chi connectivity index (χ1) is 42.1. The molecule has 2 N–H and O–H groups in total. The molecule has 0 aliphatic heterocycles. The van der Waals surface area contributed by atoms with E-state index >= 15 is 0 Å². The predicted molar refractivity (Wildman–Crippen MR) is 322 cm³/mol. The number of likely N-dealkylation sites (N-methyl/N-ethyl adjacent to an activating group) is 1. The molecule has 6 heterocycles. The number of methoxy groups -OCH3 is 1. The SMILES string of the molecule is CCOc1ccc(-c2nc(-c3cccc4[nH]cc(CN(C)CCO)c34)no2)cc1OCC.CCOc1ccc(-c2nc(-c3cncc(C(=O)OC)c3)no2)cc1OCC.CCOc1ccc(-c2nc(-c3nccc4ccccc34)no2)cc1OCC. The molecule has 11 aromatic rings. The first-order valence-corrected chi connectivity index (χ1v) is 28.1. The lowest BCUT2D eigenvalue weighted by molar-refractivity contribution is 0.0600. The fourth-order valence-electron chi connectivity index (χ4n) is 9.09. The number of aliphatic hydroxyl groups excluding tert-OH is 1. The van der Waals surface area contributed by atoms with Crippen LogP contribution in [0.25, 0.3) is 90.3 Å². The number of ether oxygens (including phenoxy) is 7. The standard InChI is InChI=1S/C24H28N4O4.C21H19N3O3.C19H19N3O5/c1-4-30-20-10-9-16(13-21(20)31-5-2)24-26-23(27-32-24)18-7-6-8-19-22(18)17(14-25-19)15-28(3)11-12-29;1-3-25-17-10-9-15(13-18(17)26-4-2)21-23-20(24-27-21)19-16-8-6-5-7-14(16)11-12-22-19;1-4-25-15-7-6-12(9-16(15)26-5-2)18-21-17(22-27-18)13-8-14(11-20-10-13)19(23)24-3/h6-10,13-14,25,29H,4-5,11-12,15H2,1-3H3;5-13H,3-4H2,1-2H3;6-11H,4-5H2,1-3H3. The van der Waals surface area contributed by atoms with Crippen LogP contribution in [-0.4, -0.2) is 128 Å². The monoisotopic (exact) mass is 1170 g/mol. The van der Waals surface area contributed by atoms with Crippen LogP contribution in [-0.2, 0) is 11.3 Å². The van der Waals surface area contributed by atoms with Crippen LogP contribution in [0.5, 0.6) is 34.5 Å². The van der Waals surface area contributed by atoms with E-state index in [0.29, 0.717) is 145 Å².